The van der Waals surface area contributed by atoms with Crippen LogP contribution in [0, 0.1) is 0 Å². The van der Waals surface area contributed by atoms with Gasteiger partial charge in [-0.05, 0) is 25.6 Å². The van der Waals surface area contributed by atoms with E-state index in [0.717, 1.165) is 37.4 Å². The molecule has 1 atom stereocenters. The van der Waals surface area contributed by atoms with E-state index in [1.807, 2.05) is 25.2 Å². The van der Waals surface area contributed by atoms with Crippen molar-refractivity contribution in [1.29, 1.82) is 0 Å². The molecule has 5 nitrogen and oxygen atoms in total. The molecular weight excluding hydrogens is 240 g/mol. The summed E-state index contributed by atoms with van der Waals surface area (Å²) in [6.07, 6.45) is 2.91. The third kappa shape index (κ3) is 2.52. The third-order valence-corrected chi connectivity index (χ3v) is 3.69. The zero-order valence-electron chi connectivity index (χ0n) is 11.0. The van der Waals surface area contributed by atoms with Gasteiger partial charge in [0.15, 0.2) is 0 Å². The summed E-state index contributed by atoms with van der Waals surface area (Å²) in [5.41, 5.74) is 1.56. The Hall–Kier alpha value is -1.72. The molecule has 0 aliphatic carbocycles. The Bertz CT molecular complexity index is 637. The van der Waals surface area contributed by atoms with Gasteiger partial charge in [-0.2, -0.15) is 0 Å². The number of aromatic nitrogens is 2. The van der Waals surface area contributed by atoms with E-state index in [0.29, 0.717) is 6.04 Å². The quantitative estimate of drug-likeness (QED) is 0.870. The van der Waals surface area contributed by atoms with Crippen LogP contribution in [0.2, 0.25) is 0 Å². The van der Waals surface area contributed by atoms with E-state index in [9.17, 15) is 4.79 Å². The highest BCUT2D eigenvalue weighted by Gasteiger charge is 2.21. The van der Waals surface area contributed by atoms with Crippen molar-refractivity contribution in [1.82, 2.24) is 19.6 Å². The second kappa shape index (κ2) is 5.11. The molecule has 1 aliphatic heterocycles. The van der Waals surface area contributed by atoms with Crippen LogP contribution >= 0.6 is 0 Å². The first-order valence-electron chi connectivity index (χ1n) is 6.63. The fourth-order valence-electron chi connectivity index (χ4n) is 2.63. The van der Waals surface area contributed by atoms with E-state index >= 15 is 0 Å². The Kier molecular flexibility index (Phi) is 3.31. The molecule has 0 bridgehead atoms. The van der Waals surface area contributed by atoms with E-state index in [1.54, 1.807) is 16.7 Å². The molecule has 0 aromatic carbocycles. The highest BCUT2D eigenvalue weighted by Crippen LogP contribution is 2.11. The van der Waals surface area contributed by atoms with Crippen molar-refractivity contribution in [3.05, 3.63) is 46.5 Å². The van der Waals surface area contributed by atoms with Gasteiger partial charge in [-0.1, -0.05) is 6.07 Å². The Morgan fingerprint density at radius 2 is 2.37 bits per heavy atom. The van der Waals surface area contributed by atoms with Crippen LogP contribution in [0.3, 0.4) is 0 Å². The molecule has 0 amide bonds. The van der Waals surface area contributed by atoms with Gasteiger partial charge >= 0.3 is 0 Å². The zero-order chi connectivity index (χ0) is 13.2. The highest BCUT2D eigenvalue weighted by atomic mass is 16.1. The van der Waals surface area contributed by atoms with Gasteiger partial charge in [0, 0.05) is 37.9 Å². The first-order valence-corrected chi connectivity index (χ1v) is 6.63. The summed E-state index contributed by atoms with van der Waals surface area (Å²) in [7, 11) is 1.99. The molecule has 0 radical (unpaired) electrons. The predicted molar refractivity (Wildman–Crippen MR) is 74.2 cm³/mol. The molecule has 3 heterocycles. The molecule has 5 heteroatoms. The number of hydrogen-bond donors (Lipinski definition) is 1. The van der Waals surface area contributed by atoms with Crippen molar-refractivity contribution in [3.8, 4) is 0 Å². The van der Waals surface area contributed by atoms with E-state index in [1.165, 1.54) is 0 Å². The van der Waals surface area contributed by atoms with Gasteiger partial charge in [-0.25, -0.2) is 4.98 Å². The van der Waals surface area contributed by atoms with Crippen LogP contribution in [0.25, 0.3) is 5.65 Å². The van der Waals surface area contributed by atoms with E-state index in [2.05, 4.69) is 15.2 Å². The molecule has 2 aromatic rings. The third-order valence-electron chi connectivity index (χ3n) is 3.69. The summed E-state index contributed by atoms with van der Waals surface area (Å²) in [4.78, 5) is 18.9. The second-order valence-electron chi connectivity index (χ2n) is 5.02. The van der Waals surface area contributed by atoms with Crippen molar-refractivity contribution in [3.63, 3.8) is 0 Å². The number of nitrogens with one attached hydrogen (secondary N) is 1. The van der Waals surface area contributed by atoms with Gasteiger partial charge in [0.05, 0.1) is 5.69 Å². The molecule has 19 heavy (non-hydrogen) atoms. The van der Waals surface area contributed by atoms with Crippen LogP contribution < -0.4 is 10.9 Å². The number of rotatable bonds is 3. The lowest BCUT2D eigenvalue weighted by atomic mass is 10.3. The van der Waals surface area contributed by atoms with Crippen molar-refractivity contribution in [2.45, 2.75) is 19.0 Å². The van der Waals surface area contributed by atoms with Gasteiger partial charge < -0.3 is 5.32 Å². The molecule has 0 spiro atoms. The SMILES string of the molecule is CNC1CCN(Cc2cc(=O)n3ccccc3n2)C1. The molecule has 0 saturated carbocycles. The summed E-state index contributed by atoms with van der Waals surface area (Å²) < 4.78 is 1.57. The fourth-order valence-corrected chi connectivity index (χ4v) is 2.63. The van der Waals surface area contributed by atoms with Crippen molar-refractivity contribution in [2.75, 3.05) is 20.1 Å². The number of likely N-dealkylation sites (tertiary alicyclic amines) is 1. The van der Waals surface area contributed by atoms with Crippen molar-refractivity contribution >= 4 is 5.65 Å². The minimum atomic E-state index is -0.00929. The first kappa shape index (κ1) is 12.3. The smallest absolute Gasteiger partial charge is 0.258 e. The molecule has 1 N–H and O–H groups in total. The molecule has 1 saturated heterocycles. The summed E-state index contributed by atoms with van der Waals surface area (Å²) in [5, 5.41) is 3.29. The number of likely N-dealkylation sites (N-methyl/N-ethyl adjacent to an activating group) is 1. The number of fused-ring (bicyclic) bond motifs is 1. The molecule has 2 aromatic heterocycles. The lowest BCUT2D eigenvalue weighted by Crippen LogP contribution is -2.30. The number of nitrogens with zero attached hydrogens (tertiary/aromatic N) is 3. The van der Waals surface area contributed by atoms with E-state index in [-0.39, 0.29) is 5.56 Å². The van der Waals surface area contributed by atoms with Gasteiger partial charge in [-0.3, -0.25) is 14.1 Å². The summed E-state index contributed by atoms with van der Waals surface area (Å²) in [6.45, 7) is 2.83. The number of hydrogen-bond acceptors (Lipinski definition) is 4. The topological polar surface area (TPSA) is 49.6 Å². The molecule has 1 unspecified atom stereocenters. The first-order chi connectivity index (χ1) is 9.26. The van der Waals surface area contributed by atoms with Gasteiger partial charge in [0.2, 0.25) is 0 Å². The Labute approximate surface area is 111 Å². The lowest BCUT2D eigenvalue weighted by molar-refractivity contribution is 0.318. The van der Waals surface area contributed by atoms with E-state index < -0.39 is 0 Å². The standard InChI is InChI=1S/C14H18N4O/c1-15-11-5-7-17(9-11)10-12-8-14(19)18-6-3-2-4-13(18)16-12/h2-4,6,8,11,15H,5,7,9-10H2,1H3. The fraction of sp³-hybridized carbons (Fsp3) is 0.429. The lowest BCUT2D eigenvalue weighted by Gasteiger charge is -2.15. The minimum absolute atomic E-state index is 0.00929. The monoisotopic (exact) mass is 258 g/mol. The van der Waals surface area contributed by atoms with Crippen molar-refractivity contribution < 1.29 is 0 Å². The average Bonchev–Trinajstić information content (AvgIpc) is 2.86. The van der Waals surface area contributed by atoms with Crippen LogP contribution in [-0.4, -0.2) is 40.5 Å². The molecule has 1 fully saturated rings. The minimum Gasteiger partial charge on any atom is -0.316 e. The van der Waals surface area contributed by atoms with Crippen LogP contribution in [0.15, 0.2) is 35.3 Å². The Morgan fingerprint density at radius 1 is 1.47 bits per heavy atom. The van der Waals surface area contributed by atoms with Gasteiger partial charge in [-0.15, -0.1) is 0 Å². The van der Waals surface area contributed by atoms with E-state index in [4.69, 9.17) is 0 Å². The summed E-state index contributed by atoms with van der Waals surface area (Å²) >= 11 is 0. The largest absolute Gasteiger partial charge is 0.316 e. The maximum absolute atomic E-state index is 12.0. The Balaban J connectivity index is 1.84. The van der Waals surface area contributed by atoms with Crippen LogP contribution in [0.5, 0.6) is 0 Å². The second-order valence-corrected chi connectivity index (χ2v) is 5.02. The van der Waals surface area contributed by atoms with Crippen LogP contribution in [0.1, 0.15) is 12.1 Å². The molecule has 1 aliphatic rings. The van der Waals surface area contributed by atoms with Gasteiger partial charge in [0.1, 0.15) is 5.65 Å². The zero-order valence-corrected chi connectivity index (χ0v) is 11.0. The highest BCUT2D eigenvalue weighted by molar-refractivity contribution is 5.37. The molecule has 3 rings (SSSR count). The predicted octanol–water partition coefficient (Wildman–Crippen LogP) is 0.488. The Morgan fingerprint density at radius 3 is 3.16 bits per heavy atom. The normalized spacial score (nSPS) is 20.2. The summed E-state index contributed by atoms with van der Waals surface area (Å²) in [5.74, 6) is 0. The number of pyridine rings is 1. The van der Waals surface area contributed by atoms with Crippen LogP contribution in [0.4, 0.5) is 0 Å². The average molecular weight is 258 g/mol. The van der Waals surface area contributed by atoms with Crippen molar-refractivity contribution in [2.24, 2.45) is 0 Å². The maximum atomic E-state index is 12.0. The van der Waals surface area contributed by atoms with Gasteiger partial charge in [0.25, 0.3) is 5.56 Å². The molecule has 100 valence electrons. The molecular formula is C14H18N4O. The van der Waals surface area contributed by atoms with Crippen LogP contribution in [-0.2, 0) is 6.54 Å². The summed E-state index contributed by atoms with van der Waals surface area (Å²) in [6, 6.07) is 7.80. The maximum Gasteiger partial charge on any atom is 0.258 e.